The van der Waals surface area contributed by atoms with Crippen LogP contribution in [-0.4, -0.2) is 21.5 Å². The van der Waals surface area contributed by atoms with Crippen LogP contribution in [0, 0.1) is 13.8 Å². The Hall–Kier alpha value is -1.62. The van der Waals surface area contributed by atoms with Crippen molar-refractivity contribution in [3.05, 3.63) is 35.9 Å². The standard InChI is InChI=1S/C14H18N4S/c1-4-7-16-13-10(2)14(18-11(3)17-13)19-12-5-8-15-9-6-12/h5-6,8-9H,4,7H2,1-3H3,(H,16,17,18). The maximum atomic E-state index is 4.53. The van der Waals surface area contributed by atoms with E-state index in [-0.39, 0.29) is 0 Å². The van der Waals surface area contributed by atoms with Crippen molar-refractivity contribution in [2.45, 2.75) is 37.1 Å². The Morgan fingerprint density at radius 2 is 1.89 bits per heavy atom. The first-order chi connectivity index (χ1) is 9.20. The highest BCUT2D eigenvalue weighted by molar-refractivity contribution is 7.99. The van der Waals surface area contributed by atoms with Crippen LogP contribution in [0.15, 0.2) is 34.4 Å². The Morgan fingerprint density at radius 1 is 1.16 bits per heavy atom. The quantitative estimate of drug-likeness (QED) is 0.846. The molecular weight excluding hydrogens is 256 g/mol. The van der Waals surface area contributed by atoms with Crippen molar-refractivity contribution < 1.29 is 0 Å². The summed E-state index contributed by atoms with van der Waals surface area (Å²) in [7, 11) is 0. The Bertz CT molecular complexity index is 543. The molecule has 0 radical (unpaired) electrons. The maximum Gasteiger partial charge on any atom is 0.133 e. The van der Waals surface area contributed by atoms with Crippen LogP contribution in [0.3, 0.4) is 0 Å². The molecule has 0 saturated heterocycles. The number of nitrogens with zero attached hydrogens (tertiary/aromatic N) is 3. The normalized spacial score (nSPS) is 10.5. The molecule has 0 aromatic carbocycles. The number of nitrogens with one attached hydrogen (secondary N) is 1. The van der Waals surface area contributed by atoms with Crippen molar-refractivity contribution in [2.75, 3.05) is 11.9 Å². The molecule has 5 heteroatoms. The van der Waals surface area contributed by atoms with Crippen molar-refractivity contribution >= 4 is 17.6 Å². The molecule has 0 spiro atoms. The van der Waals surface area contributed by atoms with E-state index in [1.54, 1.807) is 24.2 Å². The summed E-state index contributed by atoms with van der Waals surface area (Å²) >= 11 is 1.64. The van der Waals surface area contributed by atoms with E-state index in [0.717, 1.165) is 40.1 Å². The first-order valence-corrected chi connectivity index (χ1v) is 7.19. The number of hydrogen-bond donors (Lipinski definition) is 1. The summed E-state index contributed by atoms with van der Waals surface area (Å²) in [5, 5.41) is 4.35. The van der Waals surface area contributed by atoms with Gasteiger partial charge in [-0.05, 0) is 32.4 Å². The van der Waals surface area contributed by atoms with E-state index in [4.69, 9.17) is 0 Å². The van der Waals surface area contributed by atoms with E-state index >= 15 is 0 Å². The first kappa shape index (κ1) is 13.8. The van der Waals surface area contributed by atoms with E-state index in [1.165, 1.54) is 0 Å². The Balaban J connectivity index is 2.27. The molecule has 0 aliphatic rings. The van der Waals surface area contributed by atoms with Gasteiger partial charge in [-0.3, -0.25) is 4.98 Å². The number of aromatic nitrogens is 3. The van der Waals surface area contributed by atoms with Crippen molar-refractivity contribution in [3.63, 3.8) is 0 Å². The summed E-state index contributed by atoms with van der Waals surface area (Å²) in [6, 6.07) is 3.97. The predicted octanol–water partition coefficient (Wildman–Crippen LogP) is 3.46. The van der Waals surface area contributed by atoms with Gasteiger partial charge in [0.1, 0.15) is 16.7 Å². The molecule has 0 fully saturated rings. The van der Waals surface area contributed by atoms with Crippen LogP contribution in [0.5, 0.6) is 0 Å². The predicted molar refractivity (Wildman–Crippen MR) is 78.6 cm³/mol. The van der Waals surface area contributed by atoms with Crippen LogP contribution in [0.25, 0.3) is 0 Å². The minimum atomic E-state index is 0.792. The lowest BCUT2D eigenvalue weighted by Crippen LogP contribution is -2.07. The summed E-state index contributed by atoms with van der Waals surface area (Å²) in [6.07, 6.45) is 4.67. The van der Waals surface area contributed by atoms with E-state index in [1.807, 2.05) is 19.1 Å². The van der Waals surface area contributed by atoms with E-state index in [2.05, 4.69) is 34.1 Å². The second-order valence-electron chi connectivity index (χ2n) is 4.26. The summed E-state index contributed by atoms with van der Waals surface area (Å²) in [4.78, 5) is 14.2. The molecular formula is C14H18N4S. The van der Waals surface area contributed by atoms with Gasteiger partial charge in [0.05, 0.1) is 0 Å². The molecule has 0 aliphatic heterocycles. The molecule has 2 aromatic rings. The van der Waals surface area contributed by atoms with Crippen LogP contribution in [-0.2, 0) is 0 Å². The van der Waals surface area contributed by atoms with Crippen LogP contribution < -0.4 is 5.32 Å². The van der Waals surface area contributed by atoms with Gasteiger partial charge in [-0.15, -0.1) is 0 Å². The fourth-order valence-corrected chi connectivity index (χ4v) is 2.54. The molecule has 19 heavy (non-hydrogen) atoms. The highest BCUT2D eigenvalue weighted by Crippen LogP contribution is 2.30. The minimum absolute atomic E-state index is 0.792. The molecule has 4 nitrogen and oxygen atoms in total. The van der Waals surface area contributed by atoms with Crippen molar-refractivity contribution in [1.29, 1.82) is 0 Å². The van der Waals surface area contributed by atoms with Crippen molar-refractivity contribution in [2.24, 2.45) is 0 Å². The topological polar surface area (TPSA) is 50.7 Å². The van der Waals surface area contributed by atoms with Gasteiger partial charge in [0.2, 0.25) is 0 Å². The zero-order valence-electron chi connectivity index (χ0n) is 11.5. The van der Waals surface area contributed by atoms with Crippen LogP contribution in [0.1, 0.15) is 24.7 Å². The number of hydrogen-bond acceptors (Lipinski definition) is 5. The molecule has 0 aliphatic carbocycles. The fraction of sp³-hybridized carbons (Fsp3) is 0.357. The molecule has 0 amide bonds. The summed E-state index contributed by atoms with van der Waals surface area (Å²) in [5.41, 5.74) is 1.10. The van der Waals surface area contributed by atoms with Crippen LogP contribution in [0.4, 0.5) is 5.82 Å². The molecule has 2 rings (SSSR count). The molecule has 0 bridgehead atoms. The van der Waals surface area contributed by atoms with Gasteiger partial charge in [0.25, 0.3) is 0 Å². The van der Waals surface area contributed by atoms with Crippen LogP contribution >= 0.6 is 11.8 Å². The van der Waals surface area contributed by atoms with Crippen molar-refractivity contribution in [3.8, 4) is 0 Å². The second-order valence-corrected chi connectivity index (χ2v) is 5.32. The molecule has 2 aromatic heterocycles. The van der Waals surface area contributed by atoms with Crippen molar-refractivity contribution in [1.82, 2.24) is 15.0 Å². The monoisotopic (exact) mass is 274 g/mol. The summed E-state index contributed by atoms with van der Waals surface area (Å²) in [6.45, 7) is 7.05. The highest BCUT2D eigenvalue weighted by atomic mass is 32.2. The molecule has 100 valence electrons. The lowest BCUT2D eigenvalue weighted by molar-refractivity contribution is 0.908. The van der Waals surface area contributed by atoms with E-state index in [9.17, 15) is 0 Å². The van der Waals surface area contributed by atoms with Gasteiger partial charge in [-0.2, -0.15) is 0 Å². The number of rotatable bonds is 5. The number of pyridine rings is 1. The highest BCUT2D eigenvalue weighted by Gasteiger charge is 2.10. The lowest BCUT2D eigenvalue weighted by Gasteiger charge is -2.12. The molecule has 1 N–H and O–H groups in total. The fourth-order valence-electron chi connectivity index (χ4n) is 1.64. The van der Waals surface area contributed by atoms with E-state index < -0.39 is 0 Å². The number of anilines is 1. The van der Waals surface area contributed by atoms with Gasteiger partial charge in [-0.1, -0.05) is 18.7 Å². The summed E-state index contributed by atoms with van der Waals surface area (Å²) < 4.78 is 0. The van der Waals surface area contributed by atoms with E-state index in [0.29, 0.717) is 0 Å². The zero-order chi connectivity index (χ0) is 13.7. The third-order valence-corrected chi connectivity index (χ3v) is 3.72. The third-order valence-electron chi connectivity index (χ3n) is 2.62. The Labute approximate surface area is 118 Å². The van der Waals surface area contributed by atoms with Crippen LogP contribution in [0.2, 0.25) is 0 Å². The SMILES string of the molecule is CCCNc1nc(C)nc(Sc2ccncc2)c1C. The Morgan fingerprint density at radius 3 is 2.58 bits per heavy atom. The average molecular weight is 274 g/mol. The molecule has 0 unspecified atom stereocenters. The average Bonchev–Trinajstić information content (AvgIpc) is 2.42. The third kappa shape index (κ3) is 3.67. The second kappa shape index (κ2) is 6.52. The number of aryl methyl sites for hydroxylation is 1. The smallest absolute Gasteiger partial charge is 0.133 e. The van der Waals surface area contributed by atoms with Gasteiger partial charge in [0, 0.05) is 29.4 Å². The lowest BCUT2D eigenvalue weighted by atomic mass is 10.3. The van der Waals surface area contributed by atoms with Gasteiger partial charge in [-0.25, -0.2) is 9.97 Å². The summed E-state index contributed by atoms with van der Waals surface area (Å²) in [5.74, 6) is 1.73. The minimum Gasteiger partial charge on any atom is -0.370 e. The van der Waals surface area contributed by atoms with Gasteiger partial charge < -0.3 is 5.32 Å². The zero-order valence-corrected chi connectivity index (χ0v) is 12.3. The molecule has 0 atom stereocenters. The van der Waals surface area contributed by atoms with Gasteiger partial charge >= 0.3 is 0 Å². The molecule has 2 heterocycles. The first-order valence-electron chi connectivity index (χ1n) is 6.37. The van der Waals surface area contributed by atoms with Gasteiger partial charge in [0.15, 0.2) is 0 Å². The maximum absolute atomic E-state index is 4.53. The molecule has 0 saturated carbocycles. The Kier molecular flexibility index (Phi) is 4.74. The largest absolute Gasteiger partial charge is 0.370 e.